The zero-order valence-electron chi connectivity index (χ0n) is 12.6. The number of amides is 1. The van der Waals surface area contributed by atoms with E-state index < -0.39 is 0 Å². The third-order valence-corrected chi connectivity index (χ3v) is 4.49. The van der Waals surface area contributed by atoms with Crippen molar-refractivity contribution in [2.24, 2.45) is 0 Å². The van der Waals surface area contributed by atoms with Gasteiger partial charge in [-0.3, -0.25) is 14.7 Å². The van der Waals surface area contributed by atoms with Crippen LogP contribution in [0, 0.1) is 0 Å². The summed E-state index contributed by atoms with van der Waals surface area (Å²) >= 11 is 0. The van der Waals surface area contributed by atoms with Crippen molar-refractivity contribution in [2.45, 2.75) is 31.9 Å². The second-order valence-corrected chi connectivity index (χ2v) is 5.79. The minimum atomic E-state index is -0.190. The van der Waals surface area contributed by atoms with E-state index >= 15 is 0 Å². The standard InChI is InChI=1S/C16H23N3O2/c1-13(14-5-2-3-7-17-14)18-8-10-19(11-9-18)16(20)15-6-4-12-21-15/h2-3,5,7,13,15H,4,6,8-12H2,1H3/t13?,15-/m0/s1. The quantitative estimate of drug-likeness (QED) is 0.845. The molecular formula is C16H23N3O2. The van der Waals surface area contributed by atoms with Crippen LogP contribution in [-0.4, -0.2) is 59.6 Å². The van der Waals surface area contributed by atoms with Crippen molar-refractivity contribution < 1.29 is 9.53 Å². The van der Waals surface area contributed by atoms with E-state index in [0.29, 0.717) is 6.04 Å². The first-order valence-electron chi connectivity index (χ1n) is 7.81. The Bertz CT molecular complexity index is 466. The van der Waals surface area contributed by atoms with Gasteiger partial charge in [-0.25, -0.2) is 0 Å². The van der Waals surface area contributed by atoms with Crippen LogP contribution in [0.15, 0.2) is 24.4 Å². The number of carbonyl (C=O) groups excluding carboxylic acids is 1. The lowest BCUT2D eigenvalue weighted by atomic mass is 10.1. The van der Waals surface area contributed by atoms with Crippen LogP contribution in [0.5, 0.6) is 0 Å². The molecule has 0 radical (unpaired) electrons. The van der Waals surface area contributed by atoms with Crippen LogP contribution in [0.3, 0.4) is 0 Å². The summed E-state index contributed by atoms with van der Waals surface area (Å²) < 4.78 is 5.50. The summed E-state index contributed by atoms with van der Waals surface area (Å²) in [6, 6.07) is 6.32. The van der Waals surface area contributed by atoms with Gasteiger partial charge in [0.1, 0.15) is 6.10 Å². The van der Waals surface area contributed by atoms with Crippen LogP contribution in [0.2, 0.25) is 0 Å². The highest BCUT2D eigenvalue weighted by molar-refractivity contribution is 5.81. The van der Waals surface area contributed by atoms with E-state index in [9.17, 15) is 4.79 Å². The summed E-state index contributed by atoms with van der Waals surface area (Å²) in [6.07, 6.45) is 3.53. The second-order valence-electron chi connectivity index (χ2n) is 5.79. The molecule has 2 atom stereocenters. The van der Waals surface area contributed by atoms with Gasteiger partial charge in [0, 0.05) is 45.0 Å². The van der Waals surface area contributed by atoms with Crippen LogP contribution in [0.4, 0.5) is 0 Å². The molecular weight excluding hydrogens is 266 g/mol. The molecule has 1 aromatic heterocycles. The second kappa shape index (κ2) is 6.54. The van der Waals surface area contributed by atoms with Crippen LogP contribution in [-0.2, 0) is 9.53 Å². The third-order valence-electron chi connectivity index (χ3n) is 4.49. The first-order chi connectivity index (χ1) is 10.3. The molecule has 1 unspecified atom stereocenters. The smallest absolute Gasteiger partial charge is 0.251 e. The van der Waals surface area contributed by atoms with Gasteiger partial charge in [-0.05, 0) is 31.9 Å². The van der Waals surface area contributed by atoms with Gasteiger partial charge in [-0.15, -0.1) is 0 Å². The lowest BCUT2D eigenvalue weighted by molar-refractivity contribution is -0.143. The Labute approximate surface area is 125 Å². The van der Waals surface area contributed by atoms with Gasteiger partial charge in [0.05, 0.1) is 5.69 Å². The molecule has 3 heterocycles. The number of carbonyl (C=O) groups is 1. The van der Waals surface area contributed by atoms with Gasteiger partial charge in [0.15, 0.2) is 0 Å². The van der Waals surface area contributed by atoms with E-state index in [4.69, 9.17) is 4.74 Å². The predicted molar refractivity (Wildman–Crippen MR) is 79.8 cm³/mol. The van der Waals surface area contributed by atoms with Gasteiger partial charge in [-0.2, -0.15) is 0 Å². The molecule has 0 aromatic carbocycles. The monoisotopic (exact) mass is 289 g/mol. The number of ether oxygens (including phenoxy) is 1. The number of nitrogens with zero attached hydrogens (tertiary/aromatic N) is 3. The van der Waals surface area contributed by atoms with Gasteiger partial charge >= 0.3 is 0 Å². The summed E-state index contributed by atoms with van der Waals surface area (Å²) in [4.78, 5) is 21.1. The topological polar surface area (TPSA) is 45.7 Å². The van der Waals surface area contributed by atoms with E-state index in [-0.39, 0.29) is 12.0 Å². The van der Waals surface area contributed by atoms with Crippen LogP contribution >= 0.6 is 0 Å². The molecule has 0 bridgehead atoms. The Hall–Kier alpha value is -1.46. The highest BCUT2D eigenvalue weighted by Gasteiger charge is 2.31. The minimum absolute atomic E-state index is 0.178. The van der Waals surface area contributed by atoms with Crippen molar-refractivity contribution in [3.05, 3.63) is 30.1 Å². The Morgan fingerprint density at radius 1 is 1.33 bits per heavy atom. The summed E-state index contributed by atoms with van der Waals surface area (Å²) in [6.45, 7) is 6.28. The van der Waals surface area contributed by atoms with E-state index in [2.05, 4.69) is 22.9 Å². The fourth-order valence-electron chi connectivity index (χ4n) is 3.12. The molecule has 3 rings (SSSR count). The van der Waals surface area contributed by atoms with Gasteiger partial charge in [-0.1, -0.05) is 6.07 Å². The summed E-state index contributed by atoms with van der Waals surface area (Å²) in [5, 5.41) is 0. The lowest BCUT2D eigenvalue weighted by Gasteiger charge is -2.38. The SMILES string of the molecule is CC(c1ccccn1)N1CCN(C(=O)[C@@H]2CCCO2)CC1. The van der Waals surface area contributed by atoms with Crippen molar-refractivity contribution in [3.63, 3.8) is 0 Å². The zero-order chi connectivity index (χ0) is 14.7. The molecule has 5 nitrogen and oxygen atoms in total. The number of piperazine rings is 1. The molecule has 1 amide bonds. The summed E-state index contributed by atoms with van der Waals surface area (Å²) in [5.74, 6) is 0.178. The number of hydrogen-bond donors (Lipinski definition) is 0. The van der Waals surface area contributed by atoms with E-state index in [1.54, 1.807) is 0 Å². The maximum atomic E-state index is 12.3. The molecule has 0 N–H and O–H groups in total. The molecule has 2 aliphatic heterocycles. The van der Waals surface area contributed by atoms with Crippen molar-refractivity contribution in [1.29, 1.82) is 0 Å². The van der Waals surface area contributed by atoms with Crippen molar-refractivity contribution in [3.8, 4) is 0 Å². The Morgan fingerprint density at radius 2 is 2.14 bits per heavy atom. The highest BCUT2D eigenvalue weighted by atomic mass is 16.5. The maximum Gasteiger partial charge on any atom is 0.251 e. The normalized spacial score (nSPS) is 25.0. The van der Waals surface area contributed by atoms with Gasteiger partial charge < -0.3 is 9.64 Å². The average Bonchev–Trinajstić information content (AvgIpc) is 3.09. The Balaban J connectivity index is 1.54. The predicted octanol–water partition coefficient (Wildman–Crippen LogP) is 1.47. The molecule has 2 aliphatic rings. The molecule has 114 valence electrons. The highest BCUT2D eigenvalue weighted by Crippen LogP contribution is 2.21. The molecule has 5 heteroatoms. The van der Waals surface area contributed by atoms with Gasteiger partial charge in [0.2, 0.25) is 0 Å². The van der Waals surface area contributed by atoms with E-state index in [1.807, 2.05) is 23.2 Å². The van der Waals surface area contributed by atoms with Crippen LogP contribution in [0.1, 0.15) is 31.5 Å². The number of rotatable bonds is 3. The minimum Gasteiger partial charge on any atom is -0.368 e. The molecule has 2 fully saturated rings. The third kappa shape index (κ3) is 3.24. The number of pyridine rings is 1. The van der Waals surface area contributed by atoms with Gasteiger partial charge in [0.25, 0.3) is 5.91 Å². The molecule has 1 aromatic rings. The number of aromatic nitrogens is 1. The Kier molecular flexibility index (Phi) is 4.51. The molecule has 21 heavy (non-hydrogen) atoms. The molecule has 0 aliphatic carbocycles. The zero-order valence-corrected chi connectivity index (χ0v) is 12.6. The first kappa shape index (κ1) is 14.5. The van der Waals surface area contributed by atoms with Crippen LogP contribution < -0.4 is 0 Å². The average molecular weight is 289 g/mol. The Morgan fingerprint density at radius 3 is 2.76 bits per heavy atom. The van der Waals surface area contributed by atoms with Crippen molar-refractivity contribution in [2.75, 3.05) is 32.8 Å². The lowest BCUT2D eigenvalue weighted by Crippen LogP contribution is -2.51. The van der Waals surface area contributed by atoms with Crippen molar-refractivity contribution in [1.82, 2.24) is 14.8 Å². The summed E-state index contributed by atoms with van der Waals surface area (Å²) in [7, 11) is 0. The van der Waals surface area contributed by atoms with E-state index in [1.165, 1.54) is 0 Å². The van der Waals surface area contributed by atoms with Crippen molar-refractivity contribution >= 4 is 5.91 Å². The molecule has 2 saturated heterocycles. The maximum absolute atomic E-state index is 12.3. The summed E-state index contributed by atoms with van der Waals surface area (Å²) in [5.41, 5.74) is 1.09. The number of hydrogen-bond acceptors (Lipinski definition) is 4. The van der Waals surface area contributed by atoms with Crippen LogP contribution in [0.25, 0.3) is 0 Å². The first-order valence-corrected chi connectivity index (χ1v) is 7.81. The fourth-order valence-corrected chi connectivity index (χ4v) is 3.12. The largest absolute Gasteiger partial charge is 0.368 e. The van der Waals surface area contributed by atoms with E-state index in [0.717, 1.165) is 51.3 Å². The molecule has 0 saturated carbocycles. The fraction of sp³-hybridized carbons (Fsp3) is 0.625. The molecule has 0 spiro atoms.